The van der Waals surface area contributed by atoms with E-state index in [2.05, 4.69) is 22.3 Å². The van der Waals surface area contributed by atoms with Gasteiger partial charge >= 0.3 is 0 Å². The molecule has 1 aliphatic heterocycles. The number of para-hydroxylation sites is 2. The van der Waals surface area contributed by atoms with Crippen molar-refractivity contribution in [3.8, 4) is 0 Å². The predicted octanol–water partition coefficient (Wildman–Crippen LogP) is 3.44. The number of amides is 1. The lowest BCUT2D eigenvalue weighted by atomic mass is 10.1. The molecule has 0 aromatic heterocycles. The Labute approximate surface area is 137 Å². The van der Waals surface area contributed by atoms with E-state index in [1.54, 1.807) is 0 Å². The second kappa shape index (κ2) is 7.29. The summed E-state index contributed by atoms with van der Waals surface area (Å²) in [5, 5.41) is 3.01. The van der Waals surface area contributed by atoms with Gasteiger partial charge in [0.2, 0.25) is 0 Å². The summed E-state index contributed by atoms with van der Waals surface area (Å²) in [4.78, 5) is 14.4. The minimum Gasteiger partial charge on any atom is -0.369 e. The van der Waals surface area contributed by atoms with Crippen LogP contribution in [0.15, 0.2) is 54.6 Å². The van der Waals surface area contributed by atoms with Gasteiger partial charge in [0.05, 0.1) is 11.4 Å². The number of anilines is 2. The minimum absolute atomic E-state index is 0.0527. The smallest absolute Gasteiger partial charge is 0.253 e. The van der Waals surface area contributed by atoms with Crippen molar-refractivity contribution >= 4 is 17.3 Å². The van der Waals surface area contributed by atoms with Gasteiger partial charge in [-0.3, -0.25) is 4.79 Å². The van der Waals surface area contributed by atoms with Gasteiger partial charge in [-0.15, -0.1) is 0 Å². The molecule has 1 amide bonds. The number of ether oxygens (including phenoxy) is 1. The average Bonchev–Trinajstić information content (AvgIpc) is 3.11. The molecule has 120 valence electrons. The lowest BCUT2D eigenvalue weighted by molar-refractivity contribution is -0.124. The second-order valence-electron chi connectivity index (χ2n) is 5.85. The monoisotopic (exact) mass is 310 g/mol. The molecule has 1 heterocycles. The Morgan fingerprint density at radius 1 is 1.17 bits per heavy atom. The number of rotatable bonds is 5. The normalized spacial score (nSPS) is 17.0. The molecule has 1 aliphatic rings. The Morgan fingerprint density at radius 2 is 1.91 bits per heavy atom. The first kappa shape index (κ1) is 15.6. The molecule has 0 spiro atoms. The van der Waals surface area contributed by atoms with Crippen molar-refractivity contribution in [1.82, 2.24) is 0 Å². The van der Waals surface area contributed by atoms with E-state index in [4.69, 9.17) is 4.74 Å². The van der Waals surface area contributed by atoms with Crippen molar-refractivity contribution in [3.63, 3.8) is 0 Å². The Morgan fingerprint density at radius 3 is 2.65 bits per heavy atom. The molecule has 3 rings (SSSR count). The number of nitrogens with one attached hydrogen (secondary N) is 1. The molecule has 2 aromatic carbocycles. The largest absolute Gasteiger partial charge is 0.369 e. The van der Waals surface area contributed by atoms with Crippen LogP contribution in [0.1, 0.15) is 18.4 Å². The number of nitrogens with zero attached hydrogens (tertiary/aromatic N) is 1. The van der Waals surface area contributed by atoms with Gasteiger partial charge in [0.1, 0.15) is 6.10 Å². The molecule has 4 heteroatoms. The first-order valence-electron chi connectivity index (χ1n) is 8.00. The summed E-state index contributed by atoms with van der Waals surface area (Å²) in [6.07, 6.45) is 1.43. The van der Waals surface area contributed by atoms with Crippen LogP contribution in [-0.2, 0) is 16.1 Å². The third kappa shape index (κ3) is 3.90. The van der Waals surface area contributed by atoms with E-state index in [0.29, 0.717) is 6.61 Å². The van der Waals surface area contributed by atoms with Gasteiger partial charge in [0, 0.05) is 20.2 Å². The van der Waals surface area contributed by atoms with E-state index in [-0.39, 0.29) is 12.0 Å². The summed E-state index contributed by atoms with van der Waals surface area (Å²) in [5.41, 5.74) is 3.06. The topological polar surface area (TPSA) is 41.6 Å². The summed E-state index contributed by atoms with van der Waals surface area (Å²) >= 11 is 0. The van der Waals surface area contributed by atoms with Crippen LogP contribution < -0.4 is 10.2 Å². The Hall–Kier alpha value is -2.33. The minimum atomic E-state index is -0.317. The average molecular weight is 310 g/mol. The van der Waals surface area contributed by atoms with Crippen LogP contribution in [0.4, 0.5) is 11.4 Å². The fourth-order valence-corrected chi connectivity index (χ4v) is 2.85. The number of carbonyl (C=O) groups is 1. The quantitative estimate of drug-likeness (QED) is 0.920. The van der Waals surface area contributed by atoms with Crippen LogP contribution in [0.25, 0.3) is 0 Å². The molecule has 23 heavy (non-hydrogen) atoms. The Balaban J connectivity index is 1.73. The van der Waals surface area contributed by atoms with Crippen LogP contribution >= 0.6 is 0 Å². The van der Waals surface area contributed by atoms with Crippen LogP contribution in [0.2, 0.25) is 0 Å². The highest BCUT2D eigenvalue weighted by molar-refractivity contribution is 5.97. The molecule has 0 saturated carbocycles. The molecule has 2 aromatic rings. The van der Waals surface area contributed by atoms with Gasteiger partial charge in [-0.05, 0) is 30.5 Å². The Kier molecular flexibility index (Phi) is 4.93. The number of carbonyl (C=O) groups excluding carboxylic acids is 1. The predicted molar refractivity (Wildman–Crippen MR) is 92.6 cm³/mol. The fourth-order valence-electron chi connectivity index (χ4n) is 2.85. The zero-order chi connectivity index (χ0) is 16.1. The molecule has 0 aliphatic carbocycles. The summed E-state index contributed by atoms with van der Waals surface area (Å²) < 4.78 is 5.46. The molecule has 1 atom stereocenters. The molecule has 0 radical (unpaired) electrons. The standard InChI is InChI=1S/C19H22N2O2/c1-21(14-15-8-3-2-4-9-15)17-11-6-5-10-16(17)20-19(22)18-12-7-13-23-18/h2-6,8-11,18H,7,12-14H2,1H3,(H,20,22). The summed E-state index contributed by atoms with van der Waals surface area (Å²) in [6.45, 7) is 1.46. The highest BCUT2D eigenvalue weighted by Gasteiger charge is 2.24. The third-order valence-electron chi connectivity index (χ3n) is 4.06. The Bertz CT molecular complexity index is 651. The van der Waals surface area contributed by atoms with E-state index in [0.717, 1.165) is 30.8 Å². The van der Waals surface area contributed by atoms with Gasteiger partial charge in [-0.1, -0.05) is 42.5 Å². The number of hydrogen-bond acceptors (Lipinski definition) is 3. The molecule has 1 fully saturated rings. The maximum absolute atomic E-state index is 12.3. The highest BCUT2D eigenvalue weighted by atomic mass is 16.5. The summed E-state index contributed by atoms with van der Waals surface area (Å²) in [6, 6.07) is 18.2. The van der Waals surface area contributed by atoms with Gasteiger partial charge in [0.25, 0.3) is 5.91 Å². The lowest BCUT2D eigenvalue weighted by Gasteiger charge is -2.23. The van der Waals surface area contributed by atoms with Gasteiger partial charge in [-0.2, -0.15) is 0 Å². The maximum atomic E-state index is 12.3. The zero-order valence-corrected chi connectivity index (χ0v) is 13.4. The van der Waals surface area contributed by atoms with Crippen LogP contribution in [0.3, 0.4) is 0 Å². The van der Waals surface area contributed by atoms with E-state index >= 15 is 0 Å². The molecule has 1 unspecified atom stereocenters. The van der Waals surface area contributed by atoms with Gasteiger partial charge in [0.15, 0.2) is 0 Å². The van der Waals surface area contributed by atoms with E-state index < -0.39 is 0 Å². The SMILES string of the molecule is CN(Cc1ccccc1)c1ccccc1NC(=O)C1CCCO1. The van der Waals surface area contributed by atoms with E-state index in [1.807, 2.05) is 49.5 Å². The summed E-state index contributed by atoms with van der Waals surface area (Å²) in [7, 11) is 2.03. The van der Waals surface area contributed by atoms with Crippen molar-refractivity contribution in [2.24, 2.45) is 0 Å². The zero-order valence-electron chi connectivity index (χ0n) is 13.4. The van der Waals surface area contributed by atoms with Crippen molar-refractivity contribution in [1.29, 1.82) is 0 Å². The molecule has 4 nitrogen and oxygen atoms in total. The van der Waals surface area contributed by atoms with Crippen molar-refractivity contribution in [2.45, 2.75) is 25.5 Å². The van der Waals surface area contributed by atoms with Crippen LogP contribution in [-0.4, -0.2) is 25.7 Å². The van der Waals surface area contributed by atoms with Crippen LogP contribution in [0, 0.1) is 0 Å². The fraction of sp³-hybridized carbons (Fsp3) is 0.316. The molecule has 1 N–H and O–H groups in total. The highest BCUT2D eigenvalue weighted by Crippen LogP contribution is 2.27. The number of hydrogen-bond donors (Lipinski definition) is 1. The van der Waals surface area contributed by atoms with E-state index in [1.165, 1.54) is 5.56 Å². The molecular formula is C19H22N2O2. The molecular weight excluding hydrogens is 288 g/mol. The van der Waals surface area contributed by atoms with Crippen molar-refractivity contribution in [2.75, 3.05) is 23.9 Å². The first-order valence-corrected chi connectivity index (χ1v) is 8.00. The molecule has 0 bridgehead atoms. The van der Waals surface area contributed by atoms with Gasteiger partial charge in [-0.25, -0.2) is 0 Å². The van der Waals surface area contributed by atoms with Crippen molar-refractivity contribution in [3.05, 3.63) is 60.2 Å². The number of benzene rings is 2. The first-order chi connectivity index (χ1) is 11.2. The third-order valence-corrected chi connectivity index (χ3v) is 4.06. The van der Waals surface area contributed by atoms with Gasteiger partial charge < -0.3 is 15.0 Å². The lowest BCUT2D eigenvalue weighted by Crippen LogP contribution is -2.28. The second-order valence-corrected chi connectivity index (χ2v) is 5.85. The maximum Gasteiger partial charge on any atom is 0.253 e. The van der Waals surface area contributed by atoms with Crippen molar-refractivity contribution < 1.29 is 9.53 Å². The summed E-state index contributed by atoms with van der Waals surface area (Å²) in [5.74, 6) is -0.0527. The van der Waals surface area contributed by atoms with Crippen LogP contribution in [0.5, 0.6) is 0 Å². The van der Waals surface area contributed by atoms with E-state index in [9.17, 15) is 4.79 Å². The molecule has 1 saturated heterocycles.